The number of rotatable bonds is 7. The quantitative estimate of drug-likeness (QED) is 0.718. The van der Waals surface area contributed by atoms with Gasteiger partial charge in [-0.25, -0.2) is 8.42 Å². The van der Waals surface area contributed by atoms with Crippen LogP contribution in [0, 0.1) is 0 Å². The molecule has 2 aromatic rings. The van der Waals surface area contributed by atoms with E-state index in [9.17, 15) is 8.42 Å². The molecule has 0 unspecified atom stereocenters. The smallest absolute Gasteiger partial charge is 0.243 e. The third-order valence-electron chi connectivity index (χ3n) is 4.45. The van der Waals surface area contributed by atoms with E-state index in [1.165, 1.54) is 20.3 Å². The summed E-state index contributed by atoms with van der Waals surface area (Å²) in [7, 11) is -0.664. The van der Waals surface area contributed by atoms with Crippen LogP contribution in [0.2, 0.25) is 0 Å². The standard InChI is InChI=1S/C18H23NO5S2/c1-22-17-6-5-16(12-18(17)23-2)26(20,21)19(13-15-4-3-11-25-15)14-7-9-24-10-8-14/h3-6,11-12,14H,7-10,13H2,1-2H3. The van der Waals surface area contributed by atoms with Gasteiger partial charge in [0.25, 0.3) is 0 Å². The van der Waals surface area contributed by atoms with Crippen LogP contribution >= 0.6 is 11.3 Å². The number of sulfonamides is 1. The highest BCUT2D eigenvalue weighted by Gasteiger charge is 2.33. The highest BCUT2D eigenvalue weighted by molar-refractivity contribution is 7.89. The normalized spacial score (nSPS) is 16.0. The highest BCUT2D eigenvalue weighted by atomic mass is 32.2. The van der Waals surface area contributed by atoms with E-state index in [0.29, 0.717) is 44.1 Å². The third kappa shape index (κ3) is 4.03. The summed E-state index contributed by atoms with van der Waals surface area (Å²) in [5.41, 5.74) is 0. The Labute approximate surface area is 158 Å². The van der Waals surface area contributed by atoms with Crippen molar-refractivity contribution in [1.82, 2.24) is 4.31 Å². The van der Waals surface area contributed by atoms with Gasteiger partial charge >= 0.3 is 0 Å². The van der Waals surface area contributed by atoms with Crippen LogP contribution in [0.3, 0.4) is 0 Å². The average Bonchev–Trinajstić information content (AvgIpc) is 3.19. The van der Waals surface area contributed by atoms with Crippen molar-refractivity contribution in [3.63, 3.8) is 0 Å². The molecule has 0 bridgehead atoms. The Morgan fingerprint density at radius 3 is 2.50 bits per heavy atom. The number of hydrogen-bond donors (Lipinski definition) is 0. The molecule has 142 valence electrons. The summed E-state index contributed by atoms with van der Waals surface area (Å²) in [5, 5.41) is 1.96. The molecule has 0 N–H and O–H groups in total. The molecule has 1 aliphatic rings. The van der Waals surface area contributed by atoms with Crippen molar-refractivity contribution in [1.29, 1.82) is 0 Å². The van der Waals surface area contributed by atoms with Crippen LogP contribution < -0.4 is 9.47 Å². The highest BCUT2D eigenvalue weighted by Crippen LogP contribution is 2.33. The lowest BCUT2D eigenvalue weighted by Gasteiger charge is -2.33. The van der Waals surface area contributed by atoms with Gasteiger partial charge in [-0.3, -0.25) is 0 Å². The Hall–Kier alpha value is -1.61. The summed E-state index contributed by atoms with van der Waals surface area (Å²) < 4.78 is 44.3. The molecule has 0 atom stereocenters. The minimum Gasteiger partial charge on any atom is -0.493 e. The lowest BCUT2D eigenvalue weighted by molar-refractivity contribution is 0.0571. The van der Waals surface area contributed by atoms with Crippen molar-refractivity contribution in [2.24, 2.45) is 0 Å². The van der Waals surface area contributed by atoms with E-state index in [4.69, 9.17) is 14.2 Å². The van der Waals surface area contributed by atoms with Crippen molar-refractivity contribution < 1.29 is 22.6 Å². The van der Waals surface area contributed by atoms with E-state index in [-0.39, 0.29) is 10.9 Å². The van der Waals surface area contributed by atoms with Crippen molar-refractivity contribution in [2.75, 3.05) is 27.4 Å². The summed E-state index contributed by atoms with van der Waals surface area (Å²) in [5.74, 6) is 0.902. The first kappa shape index (κ1) is 19.2. The summed E-state index contributed by atoms with van der Waals surface area (Å²) in [4.78, 5) is 1.22. The number of nitrogens with zero attached hydrogens (tertiary/aromatic N) is 1. The molecule has 1 saturated heterocycles. The molecule has 1 aromatic heterocycles. The molecule has 2 heterocycles. The molecular weight excluding hydrogens is 374 g/mol. The van der Waals surface area contributed by atoms with Gasteiger partial charge in [0, 0.05) is 36.7 Å². The summed E-state index contributed by atoms with van der Waals surface area (Å²) in [6.45, 7) is 1.51. The maximum atomic E-state index is 13.4. The monoisotopic (exact) mass is 397 g/mol. The molecule has 1 aromatic carbocycles. The maximum Gasteiger partial charge on any atom is 0.243 e. The summed E-state index contributed by atoms with van der Waals surface area (Å²) in [6, 6.07) is 8.53. The molecule has 6 nitrogen and oxygen atoms in total. The predicted molar refractivity (Wildman–Crippen MR) is 100 cm³/mol. The van der Waals surface area contributed by atoms with Crippen LogP contribution in [-0.2, 0) is 21.3 Å². The van der Waals surface area contributed by atoms with Gasteiger partial charge in [-0.1, -0.05) is 6.07 Å². The molecule has 26 heavy (non-hydrogen) atoms. The van der Waals surface area contributed by atoms with Crippen molar-refractivity contribution in [3.8, 4) is 11.5 Å². The minimum atomic E-state index is -3.69. The number of benzene rings is 1. The Balaban J connectivity index is 1.97. The van der Waals surface area contributed by atoms with E-state index < -0.39 is 10.0 Å². The zero-order chi connectivity index (χ0) is 18.6. The lowest BCUT2D eigenvalue weighted by atomic mass is 10.1. The van der Waals surface area contributed by atoms with Gasteiger partial charge in [0.05, 0.1) is 19.1 Å². The molecule has 0 amide bonds. The molecule has 0 aliphatic carbocycles. The fourth-order valence-electron chi connectivity index (χ4n) is 3.05. The van der Waals surface area contributed by atoms with Crippen molar-refractivity contribution in [2.45, 2.75) is 30.3 Å². The predicted octanol–water partition coefficient (Wildman–Crippen LogP) is 3.14. The van der Waals surface area contributed by atoms with Gasteiger partial charge in [-0.15, -0.1) is 11.3 Å². The lowest BCUT2D eigenvalue weighted by Crippen LogP contribution is -2.42. The first-order valence-electron chi connectivity index (χ1n) is 8.40. The van der Waals surface area contributed by atoms with E-state index in [0.717, 1.165) is 4.88 Å². The first-order chi connectivity index (χ1) is 12.6. The van der Waals surface area contributed by atoms with Gasteiger partial charge in [0.2, 0.25) is 10.0 Å². The van der Waals surface area contributed by atoms with Crippen LogP contribution in [-0.4, -0.2) is 46.2 Å². The molecule has 0 saturated carbocycles. The van der Waals surface area contributed by atoms with E-state index in [2.05, 4.69) is 0 Å². The van der Waals surface area contributed by atoms with Gasteiger partial charge in [-0.05, 0) is 36.4 Å². The van der Waals surface area contributed by atoms with Crippen LogP contribution in [0.15, 0.2) is 40.6 Å². The fraction of sp³-hybridized carbons (Fsp3) is 0.444. The Kier molecular flexibility index (Phi) is 6.18. The molecule has 1 aliphatic heterocycles. The van der Waals surface area contributed by atoms with Gasteiger partial charge in [-0.2, -0.15) is 4.31 Å². The fourth-order valence-corrected chi connectivity index (χ4v) is 5.52. The first-order valence-corrected chi connectivity index (χ1v) is 10.7. The average molecular weight is 398 g/mol. The Morgan fingerprint density at radius 1 is 1.15 bits per heavy atom. The topological polar surface area (TPSA) is 65.1 Å². The Morgan fingerprint density at radius 2 is 1.88 bits per heavy atom. The molecular formula is C18H23NO5S2. The number of ether oxygens (including phenoxy) is 3. The zero-order valence-electron chi connectivity index (χ0n) is 14.9. The van der Waals surface area contributed by atoms with Crippen LogP contribution in [0.5, 0.6) is 11.5 Å². The number of thiophene rings is 1. The van der Waals surface area contributed by atoms with Crippen molar-refractivity contribution >= 4 is 21.4 Å². The molecule has 0 spiro atoms. The summed E-state index contributed by atoms with van der Waals surface area (Å²) in [6.07, 6.45) is 1.38. The second kappa shape index (κ2) is 8.39. The van der Waals surface area contributed by atoms with E-state index in [1.54, 1.807) is 27.8 Å². The van der Waals surface area contributed by atoms with Gasteiger partial charge < -0.3 is 14.2 Å². The minimum absolute atomic E-state index is 0.0797. The van der Waals surface area contributed by atoms with Gasteiger partial charge in [0.15, 0.2) is 11.5 Å². The SMILES string of the molecule is COc1ccc(S(=O)(=O)N(Cc2cccs2)C2CCOCC2)cc1OC. The third-order valence-corrected chi connectivity index (χ3v) is 7.21. The van der Waals surface area contributed by atoms with Crippen LogP contribution in [0.25, 0.3) is 0 Å². The number of hydrogen-bond acceptors (Lipinski definition) is 6. The number of methoxy groups -OCH3 is 2. The van der Waals surface area contributed by atoms with Crippen molar-refractivity contribution in [3.05, 3.63) is 40.6 Å². The zero-order valence-corrected chi connectivity index (χ0v) is 16.5. The molecule has 0 radical (unpaired) electrons. The largest absolute Gasteiger partial charge is 0.493 e. The van der Waals surface area contributed by atoms with E-state index >= 15 is 0 Å². The van der Waals surface area contributed by atoms with Gasteiger partial charge in [0.1, 0.15) is 0 Å². The molecule has 8 heteroatoms. The van der Waals surface area contributed by atoms with E-state index in [1.807, 2.05) is 17.5 Å². The summed E-state index contributed by atoms with van der Waals surface area (Å²) >= 11 is 1.56. The Bertz CT molecular complexity index is 814. The van der Waals surface area contributed by atoms with Crippen LogP contribution in [0.1, 0.15) is 17.7 Å². The van der Waals surface area contributed by atoms with Crippen LogP contribution in [0.4, 0.5) is 0 Å². The second-order valence-electron chi connectivity index (χ2n) is 5.99. The maximum absolute atomic E-state index is 13.4. The second-order valence-corrected chi connectivity index (χ2v) is 8.91. The molecule has 1 fully saturated rings. The molecule has 3 rings (SSSR count).